The molecular formula is C16H13ClFN3O2. The molecule has 0 saturated carbocycles. The molecule has 118 valence electrons. The van der Waals surface area contributed by atoms with Crippen molar-refractivity contribution in [1.29, 1.82) is 0 Å². The Labute approximate surface area is 137 Å². The standard InChI is InChI=1S/C16H13ClFN3O2/c1-4-9-7-10(18)5-6-13(9)20-14-11(16(22)23-3)8-12(17)15(19-2)21-14/h5-8H,4H2,1,3H3,(H,20,21). The Morgan fingerprint density at radius 3 is 2.83 bits per heavy atom. The summed E-state index contributed by atoms with van der Waals surface area (Å²) >= 11 is 5.92. The predicted molar refractivity (Wildman–Crippen MR) is 85.9 cm³/mol. The lowest BCUT2D eigenvalue weighted by Gasteiger charge is -2.11. The average Bonchev–Trinajstić information content (AvgIpc) is 2.56. The average molecular weight is 334 g/mol. The second-order valence-electron chi connectivity index (χ2n) is 4.57. The third kappa shape index (κ3) is 3.58. The van der Waals surface area contributed by atoms with E-state index >= 15 is 0 Å². The summed E-state index contributed by atoms with van der Waals surface area (Å²) in [6.07, 6.45) is 0.580. The molecule has 2 rings (SSSR count). The van der Waals surface area contributed by atoms with Gasteiger partial charge in [0.25, 0.3) is 5.82 Å². The summed E-state index contributed by atoms with van der Waals surface area (Å²) < 4.78 is 18.0. The Kier molecular flexibility index (Phi) is 5.14. The van der Waals surface area contributed by atoms with E-state index in [4.69, 9.17) is 22.9 Å². The van der Waals surface area contributed by atoms with Gasteiger partial charge in [-0.1, -0.05) is 30.1 Å². The van der Waals surface area contributed by atoms with Crippen LogP contribution in [0.4, 0.5) is 21.7 Å². The number of carbonyl (C=O) groups excluding carboxylic acids is 1. The molecule has 0 aliphatic heterocycles. The number of methoxy groups -OCH3 is 1. The quantitative estimate of drug-likeness (QED) is 0.660. The molecule has 0 aliphatic rings. The zero-order valence-electron chi connectivity index (χ0n) is 12.5. The van der Waals surface area contributed by atoms with Gasteiger partial charge >= 0.3 is 5.97 Å². The van der Waals surface area contributed by atoms with E-state index in [1.165, 1.54) is 25.3 Å². The number of carbonyl (C=O) groups is 1. The van der Waals surface area contributed by atoms with Crippen LogP contribution in [0.3, 0.4) is 0 Å². The van der Waals surface area contributed by atoms with Gasteiger partial charge in [-0.2, -0.15) is 0 Å². The first-order valence-corrected chi connectivity index (χ1v) is 7.09. The fraction of sp³-hybridized carbons (Fsp3) is 0.188. The van der Waals surface area contributed by atoms with Crippen molar-refractivity contribution in [3.05, 3.63) is 57.6 Å². The summed E-state index contributed by atoms with van der Waals surface area (Å²) in [5.41, 5.74) is 1.39. The van der Waals surface area contributed by atoms with Crippen molar-refractivity contribution in [2.24, 2.45) is 0 Å². The number of rotatable bonds is 4. The van der Waals surface area contributed by atoms with Crippen LogP contribution in [0.2, 0.25) is 5.02 Å². The summed E-state index contributed by atoms with van der Waals surface area (Å²) in [5.74, 6) is -0.902. The molecule has 0 spiro atoms. The van der Waals surface area contributed by atoms with Crippen LogP contribution in [0.5, 0.6) is 0 Å². The monoisotopic (exact) mass is 333 g/mol. The number of esters is 1. The number of aromatic nitrogens is 1. The number of halogens is 2. The van der Waals surface area contributed by atoms with E-state index < -0.39 is 5.97 Å². The van der Waals surface area contributed by atoms with Gasteiger partial charge in [-0.3, -0.25) is 0 Å². The van der Waals surface area contributed by atoms with E-state index in [9.17, 15) is 9.18 Å². The molecule has 0 fully saturated rings. The molecule has 0 radical (unpaired) electrons. The minimum absolute atomic E-state index is 0.0398. The van der Waals surface area contributed by atoms with E-state index in [2.05, 4.69) is 15.1 Å². The van der Waals surface area contributed by atoms with Crippen LogP contribution in [0.25, 0.3) is 4.85 Å². The Balaban J connectivity index is 2.54. The maximum Gasteiger partial charge on any atom is 0.343 e. The lowest BCUT2D eigenvalue weighted by molar-refractivity contribution is 0.0601. The molecule has 5 nitrogen and oxygen atoms in total. The summed E-state index contributed by atoms with van der Waals surface area (Å²) in [4.78, 5) is 19.2. The van der Waals surface area contributed by atoms with E-state index in [1.807, 2.05) is 6.92 Å². The molecule has 7 heteroatoms. The van der Waals surface area contributed by atoms with Crippen molar-refractivity contribution in [3.63, 3.8) is 0 Å². The molecule has 2 aromatic rings. The summed E-state index contributed by atoms with van der Waals surface area (Å²) in [7, 11) is 1.23. The maximum absolute atomic E-state index is 13.3. The third-order valence-corrected chi connectivity index (χ3v) is 3.45. The highest BCUT2D eigenvalue weighted by Gasteiger charge is 2.21. The summed E-state index contributed by atoms with van der Waals surface area (Å²) in [6, 6.07) is 5.56. The lowest BCUT2D eigenvalue weighted by atomic mass is 10.1. The summed E-state index contributed by atoms with van der Waals surface area (Å²) in [6.45, 7) is 8.95. The smallest absolute Gasteiger partial charge is 0.343 e. The second-order valence-corrected chi connectivity index (χ2v) is 4.98. The van der Waals surface area contributed by atoms with Crippen LogP contribution in [-0.4, -0.2) is 18.1 Å². The number of aryl methyl sites for hydroxylation is 1. The summed E-state index contributed by atoms with van der Waals surface area (Å²) in [5, 5.41) is 3.01. The topological polar surface area (TPSA) is 55.6 Å². The van der Waals surface area contributed by atoms with Crippen molar-refractivity contribution in [3.8, 4) is 0 Å². The van der Waals surface area contributed by atoms with Crippen molar-refractivity contribution < 1.29 is 13.9 Å². The Hall–Kier alpha value is -2.65. The van der Waals surface area contributed by atoms with Gasteiger partial charge in [0.15, 0.2) is 0 Å². The lowest BCUT2D eigenvalue weighted by Crippen LogP contribution is -2.08. The molecule has 1 aromatic carbocycles. The molecule has 0 unspecified atom stereocenters. The minimum atomic E-state index is -0.640. The highest BCUT2D eigenvalue weighted by atomic mass is 35.5. The van der Waals surface area contributed by atoms with Crippen LogP contribution in [0.15, 0.2) is 24.3 Å². The second kappa shape index (κ2) is 7.07. The SMILES string of the molecule is [C-]#[N+]c1nc(Nc2ccc(F)cc2CC)c(C(=O)OC)cc1Cl. The van der Waals surface area contributed by atoms with Crippen molar-refractivity contribution in [2.75, 3.05) is 12.4 Å². The molecule has 0 atom stereocenters. The molecule has 23 heavy (non-hydrogen) atoms. The van der Waals surface area contributed by atoms with Gasteiger partial charge in [0.05, 0.1) is 12.1 Å². The molecule has 0 saturated heterocycles. The van der Waals surface area contributed by atoms with Gasteiger partial charge in [0.1, 0.15) is 11.4 Å². The van der Waals surface area contributed by atoms with Crippen molar-refractivity contribution in [1.82, 2.24) is 4.98 Å². The normalized spacial score (nSPS) is 10.0. The predicted octanol–water partition coefficient (Wildman–Crippen LogP) is 4.52. The Bertz CT molecular complexity index is 803. The van der Waals surface area contributed by atoms with E-state index in [-0.39, 0.29) is 28.0 Å². The zero-order valence-corrected chi connectivity index (χ0v) is 13.2. The molecule has 0 aliphatic carbocycles. The number of nitrogens with zero attached hydrogens (tertiary/aromatic N) is 2. The molecule has 1 heterocycles. The van der Waals surface area contributed by atoms with Crippen molar-refractivity contribution >= 4 is 34.9 Å². The zero-order chi connectivity index (χ0) is 17.0. The molecule has 1 aromatic heterocycles. The van der Waals surface area contributed by atoms with Crippen LogP contribution in [0.1, 0.15) is 22.8 Å². The number of hydrogen-bond acceptors (Lipinski definition) is 4. The number of ether oxygens (including phenoxy) is 1. The van der Waals surface area contributed by atoms with Crippen LogP contribution in [0, 0.1) is 12.4 Å². The largest absolute Gasteiger partial charge is 0.465 e. The van der Waals surface area contributed by atoms with Crippen LogP contribution < -0.4 is 5.32 Å². The first-order chi connectivity index (χ1) is 11.0. The van der Waals surface area contributed by atoms with Gasteiger partial charge < -0.3 is 14.9 Å². The van der Waals surface area contributed by atoms with E-state index in [1.54, 1.807) is 6.07 Å². The van der Waals surface area contributed by atoms with Crippen molar-refractivity contribution in [2.45, 2.75) is 13.3 Å². The Morgan fingerprint density at radius 2 is 2.22 bits per heavy atom. The first kappa shape index (κ1) is 16.7. The third-order valence-electron chi connectivity index (χ3n) is 3.17. The number of hydrogen-bond donors (Lipinski definition) is 1. The van der Waals surface area contributed by atoms with Gasteiger partial charge in [-0.15, -0.1) is 0 Å². The van der Waals surface area contributed by atoms with Crippen LogP contribution in [-0.2, 0) is 11.2 Å². The minimum Gasteiger partial charge on any atom is -0.465 e. The van der Waals surface area contributed by atoms with E-state index in [0.29, 0.717) is 17.7 Å². The van der Waals surface area contributed by atoms with Gasteiger partial charge in [0.2, 0.25) is 5.82 Å². The fourth-order valence-electron chi connectivity index (χ4n) is 2.02. The number of nitrogens with one attached hydrogen (secondary N) is 1. The fourth-order valence-corrected chi connectivity index (χ4v) is 2.22. The van der Waals surface area contributed by atoms with Gasteiger partial charge in [-0.25, -0.2) is 9.18 Å². The maximum atomic E-state index is 13.3. The first-order valence-electron chi connectivity index (χ1n) is 6.71. The molecule has 0 bridgehead atoms. The van der Waals surface area contributed by atoms with Gasteiger partial charge in [-0.05, 0) is 36.2 Å². The molecule has 1 N–H and O–H groups in total. The molecular weight excluding hydrogens is 321 g/mol. The highest BCUT2D eigenvalue weighted by molar-refractivity contribution is 6.33. The van der Waals surface area contributed by atoms with Gasteiger partial charge in [0, 0.05) is 5.69 Å². The molecule has 0 amide bonds. The Morgan fingerprint density at radius 1 is 1.48 bits per heavy atom. The number of benzene rings is 1. The highest BCUT2D eigenvalue weighted by Crippen LogP contribution is 2.31. The van der Waals surface area contributed by atoms with E-state index in [0.717, 1.165) is 0 Å². The number of anilines is 2. The van der Waals surface area contributed by atoms with Crippen LogP contribution >= 0.6 is 11.6 Å². The number of pyridine rings is 1.